The average Bonchev–Trinajstić information content (AvgIpc) is 2.44. The normalized spacial score (nSPS) is 19.5. The van der Waals surface area contributed by atoms with Crippen molar-refractivity contribution in [2.24, 2.45) is 0 Å². The third-order valence-electron chi connectivity index (χ3n) is 2.33. The van der Waals surface area contributed by atoms with Gasteiger partial charge in [0.05, 0.1) is 5.60 Å². The summed E-state index contributed by atoms with van der Waals surface area (Å²) in [5, 5.41) is 15.7. The lowest BCUT2D eigenvalue weighted by Crippen LogP contribution is -2.43. The van der Waals surface area contributed by atoms with Crippen molar-refractivity contribution in [3.8, 4) is 0 Å². The number of nitrogens with zero attached hydrogens (tertiary/aromatic N) is 1. The molecule has 1 aliphatic carbocycles. The van der Waals surface area contributed by atoms with E-state index < -0.39 is 5.60 Å². The predicted octanol–water partition coefficient (Wildman–Crippen LogP) is 2.23. The molecule has 1 heterocycles. The fourth-order valence-electron chi connectivity index (χ4n) is 1.34. The largest absolute Gasteiger partial charge is 0.388 e. The van der Waals surface area contributed by atoms with Crippen molar-refractivity contribution in [1.82, 2.24) is 4.98 Å². The summed E-state index contributed by atoms with van der Waals surface area (Å²) in [6.45, 7) is 0.618. The highest BCUT2D eigenvalue weighted by atomic mass is 79.9. The van der Waals surface area contributed by atoms with Crippen LogP contribution >= 0.6 is 27.3 Å². The summed E-state index contributed by atoms with van der Waals surface area (Å²) >= 11 is 4.83. The van der Waals surface area contributed by atoms with E-state index in [0.717, 1.165) is 29.0 Å². The number of anilines is 1. The zero-order valence-corrected chi connectivity index (χ0v) is 9.49. The van der Waals surface area contributed by atoms with Gasteiger partial charge < -0.3 is 10.4 Å². The Morgan fingerprint density at radius 2 is 2.46 bits per heavy atom. The third kappa shape index (κ3) is 2.21. The smallest absolute Gasteiger partial charge is 0.183 e. The highest BCUT2D eigenvalue weighted by Crippen LogP contribution is 2.32. The molecule has 1 aromatic rings. The van der Waals surface area contributed by atoms with E-state index in [4.69, 9.17) is 0 Å². The number of hydrogen-bond acceptors (Lipinski definition) is 4. The van der Waals surface area contributed by atoms with Crippen molar-refractivity contribution in [1.29, 1.82) is 0 Å². The number of rotatable bonds is 3. The lowest BCUT2D eigenvalue weighted by Gasteiger charge is -2.36. The quantitative estimate of drug-likeness (QED) is 0.879. The minimum atomic E-state index is -0.474. The molecule has 1 saturated carbocycles. The Labute approximate surface area is 89.3 Å². The van der Waals surface area contributed by atoms with Crippen LogP contribution in [0.3, 0.4) is 0 Å². The molecule has 0 spiro atoms. The van der Waals surface area contributed by atoms with Crippen molar-refractivity contribution in [2.45, 2.75) is 24.9 Å². The maximum atomic E-state index is 9.78. The van der Waals surface area contributed by atoms with E-state index in [-0.39, 0.29) is 0 Å². The van der Waals surface area contributed by atoms with Gasteiger partial charge in [0, 0.05) is 11.9 Å². The van der Waals surface area contributed by atoms with Gasteiger partial charge in [-0.3, -0.25) is 0 Å². The second-order valence-electron chi connectivity index (χ2n) is 3.41. The van der Waals surface area contributed by atoms with Gasteiger partial charge >= 0.3 is 0 Å². The first-order valence-corrected chi connectivity index (χ1v) is 5.93. The molecule has 1 fully saturated rings. The lowest BCUT2D eigenvalue weighted by atomic mass is 9.80. The van der Waals surface area contributed by atoms with Crippen LogP contribution in [0.2, 0.25) is 0 Å². The maximum absolute atomic E-state index is 9.78. The zero-order valence-electron chi connectivity index (χ0n) is 7.09. The SMILES string of the molecule is OC1(CNc2nc(Br)cs2)CCC1. The molecule has 1 aliphatic rings. The second kappa shape index (κ2) is 3.55. The van der Waals surface area contributed by atoms with E-state index >= 15 is 0 Å². The van der Waals surface area contributed by atoms with E-state index in [1.54, 1.807) is 11.3 Å². The van der Waals surface area contributed by atoms with Crippen LogP contribution in [-0.2, 0) is 0 Å². The van der Waals surface area contributed by atoms with Gasteiger partial charge in [-0.1, -0.05) is 0 Å². The third-order valence-corrected chi connectivity index (χ3v) is 3.84. The number of aromatic nitrogens is 1. The lowest BCUT2D eigenvalue weighted by molar-refractivity contribution is -0.0202. The van der Waals surface area contributed by atoms with Gasteiger partial charge in [-0.25, -0.2) is 4.98 Å². The number of thiazole rings is 1. The number of aliphatic hydroxyl groups is 1. The molecule has 0 saturated heterocycles. The van der Waals surface area contributed by atoms with Gasteiger partial charge in [0.1, 0.15) is 4.60 Å². The summed E-state index contributed by atoms with van der Waals surface area (Å²) in [6, 6.07) is 0. The monoisotopic (exact) mass is 262 g/mol. The van der Waals surface area contributed by atoms with Crippen molar-refractivity contribution < 1.29 is 5.11 Å². The Balaban J connectivity index is 1.85. The number of halogens is 1. The summed E-state index contributed by atoms with van der Waals surface area (Å²) < 4.78 is 0.848. The first-order chi connectivity index (χ1) is 6.18. The van der Waals surface area contributed by atoms with Gasteiger partial charge in [-0.05, 0) is 35.2 Å². The predicted molar refractivity (Wildman–Crippen MR) is 57.1 cm³/mol. The van der Waals surface area contributed by atoms with Crippen molar-refractivity contribution >= 4 is 32.4 Å². The minimum absolute atomic E-state index is 0.474. The molecule has 2 rings (SSSR count). The van der Waals surface area contributed by atoms with Gasteiger partial charge in [0.2, 0.25) is 0 Å². The number of hydrogen-bond donors (Lipinski definition) is 2. The first kappa shape index (κ1) is 9.43. The molecule has 0 aliphatic heterocycles. The highest BCUT2D eigenvalue weighted by molar-refractivity contribution is 9.10. The summed E-state index contributed by atoms with van der Waals surface area (Å²) in [5.41, 5.74) is -0.474. The van der Waals surface area contributed by atoms with Crippen molar-refractivity contribution in [2.75, 3.05) is 11.9 Å². The summed E-state index contributed by atoms with van der Waals surface area (Å²) in [7, 11) is 0. The average molecular weight is 263 g/mol. The molecule has 0 radical (unpaired) electrons. The number of nitrogens with one attached hydrogen (secondary N) is 1. The molecule has 0 atom stereocenters. The van der Waals surface area contributed by atoms with E-state index in [2.05, 4.69) is 26.2 Å². The van der Waals surface area contributed by atoms with Crippen molar-refractivity contribution in [3.63, 3.8) is 0 Å². The minimum Gasteiger partial charge on any atom is -0.388 e. The van der Waals surface area contributed by atoms with Crippen LogP contribution in [-0.4, -0.2) is 22.2 Å². The molecular formula is C8H11BrN2OS. The Morgan fingerprint density at radius 1 is 1.69 bits per heavy atom. The fourth-order valence-corrected chi connectivity index (χ4v) is 2.48. The van der Waals surface area contributed by atoms with E-state index in [1.165, 1.54) is 0 Å². The second-order valence-corrected chi connectivity index (χ2v) is 5.08. The summed E-state index contributed by atoms with van der Waals surface area (Å²) in [4.78, 5) is 4.19. The van der Waals surface area contributed by atoms with Gasteiger partial charge in [-0.2, -0.15) is 0 Å². The van der Waals surface area contributed by atoms with Crippen LogP contribution in [0, 0.1) is 0 Å². The Morgan fingerprint density at radius 3 is 2.92 bits per heavy atom. The zero-order chi connectivity index (χ0) is 9.31. The Kier molecular flexibility index (Phi) is 2.58. The highest BCUT2D eigenvalue weighted by Gasteiger charge is 2.34. The fraction of sp³-hybridized carbons (Fsp3) is 0.625. The molecule has 0 unspecified atom stereocenters. The molecule has 1 aromatic heterocycles. The molecule has 0 aromatic carbocycles. The van der Waals surface area contributed by atoms with Gasteiger partial charge in [0.15, 0.2) is 5.13 Å². The van der Waals surface area contributed by atoms with Crippen LogP contribution in [0.15, 0.2) is 9.98 Å². The Hall–Kier alpha value is -0.130. The standard InChI is InChI=1S/C8H11BrN2OS/c9-6-4-13-7(11-6)10-5-8(12)2-1-3-8/h4,12H,1-3,5H2,(H,10,11). The molecule has 13 heavy (non-hydrogen) atoms. The maximum Gasteiger partial charge on any atom is 0.183 e. The molecular weight excluding hydrogens is 252 g/mol. The van der Waals surface area contributed by atoms with E-state index in [0.29, 0.717) is 6.54 Å². The van der Waals surface area contributed by atoms with Crippen molar-refractivity contribution in [3.05, 3.63) is 9.98 Å². The van der Waals surface area contributed by atoms with E-state index in [9.17, 15) is 5.11 Å². The molecule has 72 valence electrons. The van der Waals surface area contributed by atoms with Crippen LogP contribution in [0.5, 0.6) is 0 Å². The Bertz CT molecular complexity index is 298. The summed E-state index contributed by atoms with van der Waals surface area (Å²) in [6.07, 6.45) is 2.96. The van der Waals surface area contributed by atoms with E-state index in [1.807, 2.05) is 5.38 Å². The molecule has 0 bridgehead atoms. The summed E-state index contributed by atoms with van der Waals surface area (Å²) in [5.74, 6) is 0. The van der Waals surface area contributed by atoms with Gasteiger partial charge in [-0.15, -0.1) is 11.3 Å². The first-order valence-electron chi connectivity index (χ1n) is 4.25. The van der Waals surface area contributed by atoms with Crippen LogP contribution < -0.4 is 5.32 Å². The molecule has 2 N–H and O–H groups in total. The van der Waals surface area contributed by atoms with Crippen LogP contribution in [0.1, 0.15) is 19.3 Å². The molecule has 0 amide bonds. The van der Waals surface area contributed by atoms with Gasteiger partial charge in [0.25, 0.3) is 0 Å². The molecule has 5 heteroatoms. The topological polar surface area (TPSA) is 45.1 Å². The van der Waals surface area contributed by atoms with Crippen LogP contribution in [0.4, 0.5) is 5.13 Å². The van der Waals surface area contributed by atoms with Crippen LogP contribution in [0.25, 0.3) is 0 Å². The molecule has 3 nitrogen and oxygen atoms in total.